The lowest BCUT2D eigenvalue weighted by Crippen LogP contribution is -2.29. The van der Waals surface area contributed by atoms with Crippen LogP contribution in [-0.2, 0) is 4.74 Å². The number of nitrogens with zero attached hydrogens (tertiary/aromatic N) is 3. The summed E-state index contributed by atoms with van der Waals surface area (Å²) in [5.74, 6) is 0.239. The molecule has 0 amide bonds. The second kappa shape index (κ2) is 5.52. The van der Waals surface area contributed by atoms with Gasteiger partial charge in [0.1, 0.15) is 0 Å². The lowest BCUT2D eigenvalue weighted by molar-refractivity contribution is 0.0481. The molecule has 1 saturated heterocycles. The van der Waals surface area contributed by atoms with Crippen molar-refractivity contribution in [2.45, 2.75) is 31.8 Å². The van der Waals surface area contributed by atoms with E-state index in [2.05, 4.69) is 19.8 Å². The molecule has 1 aromatic rings. The minimum absolute atomic E-state index is 0.202. The van der Waals surface area contributed by atoms with Crippen LogP contribution in [0, 0.1) is 0 Å². The van der Waals surface area contributed by atoms with Gasteiger partial charge in [0.2, 0.25) is 0 Å². The van der Waals surface area contributed by atoms with Crippen molar-refractivity contribution >= 4 is 11.8 Å². The van der Waals surface area contributed by atoms with Gasteiger partial charge < -0.3 is 14.7 Å². The second-order valence-electron chi connectivity index (χ2n) is 5.11. The summed E-state index contributed by atoms with van der Waals surface area (Å²) >= 11 is 0. The molecule has 1 N–H and O–H groups in total. The van der Waals surface area contributed by atoms with Crippen molar-refractivity contribution in [3.8, 4) is 0 Å². The second-order valence-corrected chi connectivity index (χ2v) is 5.11. The van der Waals surface area contributed by atoms with Gasteiger partial charge in [-0.25, -0.2) is 4.79 Å². The fraction of sp³-hybridized carbons (Fsp3) is 0.615. The van der Waals surface area contributed by atoms with Gasteiger partial charge in [-0.2, -0.15) is 0 Å². The number of aliphatic hydroxyl groups is 1. The van der Waals surface area contributed by atoms with Gasteiger partial charge in [0.15, 0.2) is 11.5 Å². The average molecular weight is 265 g/mol. The summed E-state index contributed by atoms with van der Waals surface area (Å²) in [6.45, 7) is 3.43. The third kappa shape index (κ3) is 3.41. The lowest BCUT2D eigenvalue weighted by Gasteiger charge is -2.22. The van der Waals surface area contributed by atoms with E-state index in [0.717, 1.165) is 31.7 Å². The van der Waals surface area contributed by atoms with Gasteiger partial charge in [0.05, 0.1) is 12.7 Å². The summed E-state index contributed by atoms with van der Waals surface area (Å²) in [5, 5.41) is 18.0. The Kier molecular flexibility index (Phi) is 3.99. The molecule has 1 atom stereocenters. The molecule has 1 unspecified atom stereocenters. The minimum atomic E-state index is -0.603. The number of rotatable bonds is 2. The topological polar surface area (TPSA) is 75.5 Å². The molecule has 1 fully saturated rings. The summed E-state index contributed by atoms with van der Waals surface area (Å²) in [7, 11) is 1.31. The molecular weight excluding hydrogens is 246 g/mol. The number of esters is 1. The van der Waals surface area contributed by atoms with E-state index in [0.29, 0.717) is 6.42 Å². The molecule has 1 aliphatic rings. The van der Waals surface area contributed by atoms with Gasteiger partial charge in [-0.05, 0) is 38.3 Å². The number of ether oxygens (including phenoxy) is 1. The van der Waals surface area contributed by atoms with E-state index in [1.54, 1.807) is 12.1 Å². The Morgan fingerprint density at radius 2 is 2.16 bits per heavy atom. The summed E-state index contributed by atoms with van der Waals surface area (Å²) in [4.78, 5) is 13.3. The van der Waals surface area contributed by atoms with Crippen LogP contribution in [0.5, 0.6) is 0 Å². The van der Waals surface area contributed by atoms with Crippen LogP contribution in [-0.4, -0.2) is 47.1 Å². The fourth-order valence-electron chi connectivity index (χ4n) is 2.20. The van der Waals surface area contributed by atoms with Crippen molar-refractivity contribution in [2.24, 2.45) is 0 Å². The molecular formula is C13H19N3O3. The predicted molar refractivity (Wildman–Crippen MR) is 70.1 cm³/mol. The van der Waals surface area contributed by atoms with Crippen LogP contribution in [0.1, 0.15) is 36.7 Å². The lowest BCUT2D eigenvalue weighted by atomic mass is 9.98. The Bertz CT molecular complexity index is 445. The van der Waals surface area contributed by atoms with Crippen molar-refractivity contribution in [3.63, 3.8) is 0 Å². The zero-order valence-corrected chi connectivity index (χ0v) is 11.3. The van der Waals surface area contributed by atoms with E-state index in [1.807, 2.05) is 6.92 Å². The predicted octanol–water partition coefficient (Wildman–Crippen LogP) is 1.00. The molecule has 6 nitrogen and oxygen atoms in total. The Morgan fingerprint density at radius 1 is 1.37 bits per heavy atom. The number of hydrogen-bond donors (Lipinski definition) is 1. The van der Waals surface area contributed by atoms with Gasteiger partial charge >= 0.3 is 5.97 Å². The maximum absolute atomic E-state index is 11.3. The first-order valence-electron chi connectivity index (χ1n) is 6.41. The average Bonchev–Trinajstić information content (AvgIpc) is 2.59. The van der Waals surface area contributed by atoms with Crippen molar-refractivity contribution in [1.82, 2.24) is 10.2 Å². The highest BCUT2D eigenvalue weighted by atomic mass is 16.5. The molecule has 1 aliphatic heterocycles. The molecule has 19 heavy (non-hydrogen) atoms. The maximum Gasteiger partial charge on any atom is 0.358 e. The number of aromatic nitrogens is 2. The third-order valence-electron chi connectivity index (χ3n) is 3.43. The van der Waals surface area contributed by atoms with E-state index < -0.39 is 11.6 Å². The van der Waals surface area contributed by atoms with Gasteiger partial charge in [0.25, 0.3) is 0 Å². The van der Waals surface area contributed by atoms with E-state index in [-0.39, 0.29) is 5.69 Å². The molecule has 0 saturated carbocycles. The molecule has 2 rings (SSSR count). The highest BCUT2D eigenvalue weighted by Crippen LogP contribution is 2.23. The van der Waals surface area contributed by atoms with Crippen LogP contribution in [0.25, 0.3) is 0 Å². The number of carbonyl (C=O) groups excluding carboxylic acids is 1. The van der Waals surface area contributed by atoms with Crippen molar-refractivity contribution in [1.29, 1.82) is 0 Å². The maximum atomic E-state index is 11.3. The van der Waals surface area contributed by atoms with Crippen LogP contribution in [0.4, 0.5) is 5.82 Å². The molecule has 104 valence electrons. The Labute approximate surface area is 112 Å². The van der Waals surface area contributed by atoms with E-state index in [4.69, 9.17) is 0 Å². The Hall–Kier alpha value is -1.69. The summed E-state index contributed by atoms with van der Waals surface area (Å²) < 4.78 is 4.58. The highest BCUT2D eigenvalue weighted by molar-refractivity contribution is 5.86. The molecule has 1 aromatic heterocycles. The molecule has 0 spiro atoms. The van der Waals surface area contributed by atoms with Gasteiger partial charge in [0, 0.05) is 13.1 Å². The minimum Gasteiger partial charge on any atom is -0.464 e. The number of methoxy groups -OCH3 is 1. The van der Waals surface area contributed by atoms with Gasteiger partial charge in [-0.1, -0.05) is 0 Å². The van der Waals surface area contributed by atoms with Gasteiger partial charge in [-0.3, -0.25) is 0 Å². The summed E-state index contributed by atoms with van der Waals surface area (Å²) in [6.07, 6.45) is 2.40. The smallest absolute Gasteiger partial charge is 0.358 e. The first-order valence-corrected chi connectivity index (χ1v) is 6.41. The van der Waals surface area contributed by atoms with E-state index in [9.17, 15) is 9.90 Å². The standard InChI is InChI=1S/C13H19N3O3/c1-13(18)6-3-8-16(9-7-13)11-5-4-10(14-15-11)12(17)19-2/h4-5,18H,3,6-9H2,1-2H3. The van der Waals surface area contributed by atoms with Gasteiger partial charge in [-0.15, -0.1) is 10.2 Å². The Balaban J connectivity index is 2.08. The fourth-order valence-corrected chi connectivity index (χ4v) is 2.20. The monoisotopic (exact) mass is 265 g/mol. The van der Waals surface area contributed by atoms with Crippen LogP contribution in [0.2, 0.25) is 0 Å². The molecule has 6 heteroatoms. The molecule has 2 heterocycles. The molecule has 0 bridgehead atoms. The third-order valence-corrected chi connectivity index (χ3v) is 3.43. The van der Waals surface area contributed by atoms with Crippen LogP contribution in [0.15, 0.2) is 12.1 Å². The van der Waals surface area contributed by atoms with Crippen LogP contribution < -0.4 is 4.90 Å². The normalized spacial score (nSPS) is 23.8. The number of hydrogen-bond acceptors (Lipinski definition) is 6. The van der Waals surface area contributed by atoms with Crippen LogP contribution in [0.3, 0.4) is 0 Å². The first kappa shape index (κ1) is 13.7. The van der Waals surface area contributed by atoms with E-state index in [1.165, 1.54) is 7.11 Å². The zero-order valence-electron chi connectivity index (χ0n) is 11.3. The number of anilines is 1. The molecule has 0 aromatic carbocycles. The number of carbonyl (C=O) groups is 1. The zero-order chi connectivity index (χ0) is 13.9. The summed E-state index contributed by atoms with van der Waals surface area (Å²) in [6, 6.07) is 3.37. The van der Waals surface area contributed by atoms with Crippen molar-refractivity contribution < 1.29 is 14.6 Å². The Morgan fingerprint density at radius 3 is 2.79 bits per heavy atom. The highest BCUT2D eigenvalue weighted by Gasteiger charge is 2.25. The van der Waals surface area contributed by atoms with Crippen LogP contribution >= 0.6 is 0 Å². The van der Waals surface area contributed by atoms with Crippen molar-refractivity contribution in [2.75, 3.05) is 25.1 Å². The summed E-state index contributed by atoms with van der Waals surface area (Å²) in [5.41, 5.74) is -0.401. The van der Waals surface area contributed by atoms with Crippen molar-refractivity contribution in [3.05, 3.63) is 17.8 Å². The molecule has 0 aliphatic carbocycles. The molecule has 0 radical (unpaired) electrons. The quantitative estimate of drug-likeness (QED) is 0.804. The first-order chi connectivity index (χ1) is 9.02. The largest absolute Gasteiger partial charge is 0.464 e. The van der Waals surface area contributed by atoms with E-state index >= 15 is 0 Å². The SMILES string of the molecule is COC(=O)c1ccc(N2CCCC(C)(O)CC2)nn1.